The molecule has 1 N–H and O–H groups in total. The van der Waals surface area contributed by atoms with Gasteiger partial charge in [-0.25, -0.2) is 0 Å². The molecule has 0 aliphatic heterocycles. The number of ketones is 1. The quantitative estimate of drug-likeness (QED) is 0.699. The summed E-state index contributed by atoms with van der Waals surface area (Å²) in [5.74, 6) is 1.51. The monoisotopic (exact) mass is 234 g/mol. The van der Waals surface area contributed by atoms with Crippen molar-refractivity contribution < 1.29 is 9.90 Å². The van der Waals surface area contributed by atoms with Crippen LogP contribution in [0.1, 0.15) is 47.0 Å². The van der Waals surface area contributed by atoms with Gasteiger partial charge in [0.05, 0.1) is 5.60 Å². The fourth-order valence-electron chi connectivity index (χ4n) is 4.41. The number of carbonyl (C=O) groups is 1. The van der Waals surface area contributed by atoms with Gasteiger partial charge in [0, 0.05) is 6.42 Å². The highest BCUT2D eigenvalue weighted by Gasteiger charge is 2.66. The zero-order chi connectivity index (χ0) is 12.6. The Balaban J connectivity index is 2.13. The number of hydrogen-bond donors (Lipinski definition) is 1. The minimum absolute atomic E-state index is 0.165. The van der Waals surface area contributed by atoms with Crippen molar-refractivity contribution in [3.8, 4) is 0 Å². The molecule has 2 nitrogen and oxygen atoms in total. The minimum atomic E-state index is -0.825. The number of allylic oxidation sites excluding steroid dienone is 1. The molecule has 1 unspecified atom stereocenters. The Morgan fingerprint density at radius 2 is 1.94 bits per heavy atom. The van der Waals surface area contributed by atoms with Crippen LogP contribution in [0.4, 0.5) is 0 Å². The van der Waals surface area contributed by atoms with Crippen molar-refractivity contribution in [2.45, 2.75) is 52.6 Å². The standard InChI is InChI=1S/C15H22O2/c1-8-5-6-10-13(14(10,3)4)12-9(2)11(16)7-15(8,12)17/h8,10,13,17H,5-7H2,1-4H3/t8-,10-,13-,15?/m0/s1. The highest BCUT2D eigenvalue weighted by Crippen LogP contribution is 2.69. The maximum Gasteiger partial charge on any atom is 0.161 e. The number of carbonyl (C=O) groups excluding carboxylic acids is 1. The van der Waals surface area contributed by atoms with E-state index < -0.39 is 5.60 Å². The van der Waals surface area contributed by atoms with Crippen LogP contribution in [0, 0.1) is 23.2 Å². The van der Waals surface area contributed by atoms with E-state index in [4.69, 9.17) is 0 Å². The zero-order valence-corrected chi connectivity index (χ0v) is 11.2. The SMILES string of the molecule is CC1=C2[C@@H]3[C@H](CC[C@H](C)C2(O)CC1=O)C3(C)C. The van der Waals surface area contributed by atoms with E-state index in [9.17, 15) is 9.90 Å². The van der Waals surface area contributed by atoms with Crippen molar-refractivity contribution >= 4 is 5.78 Å². The first-order valence-corrected chi connectivity index (χ1v) is 6.77. The van der Waals surface area contributed by atoms with Gasteiger partial charge in [0.2, 0.25) is 0 Å². The van der Waals surface area contributed by atoms with E-state index in [-0.39, 0.29) is 17.1 Å². The van der Waals surface area contributed by atoms with Gasteiger partial charge in [-0.15, -0.1) is 0 Å². The van der Waals surface area contributed by atoms with Gasteiger partial charge in [-0.3, -0.25) is 4.79 Å². The van der Waals surface area contributed by atoms with Gasteiger partial charge in [-0.05, 0) is 54.1 Å². The lowest BCUT2D eigenvalue weighted by Gasteiger charge is -2.32. The Morgan fingerprint density at radius 1 is 1.29 bits per heavy atom. The number of hydrogen-bond acceptors (Lipinski definition) is 2. The molecule has 94 valence electrons. The smallest absolute Gasteiger partial charge is 0.161 e. The normalized spacial score (nSPS) is 47.6. The predicted molar refractivity (Wildman–Crippen MR) is 66.4 cm³/mol. The third-order valence-electron chi connectivity index (χ3n) is 5.81. The van der Waals surface area contributed by atoms with E-state index in [1.54, 1.807) is 0 Å². The van der Waals surface area contributed by atoms with Crippen LogP contribution in [0.2, 0.25) is 0 Å². The first kappa shape index (κ1) is 11.5. The van der Waals surface area contributed by atoms with Crippen LogP contribution in [0.5, 0.6) is 0 Å². The Hall–Kier alpha value is -0.630. The van der Waals surface area contributed by atoms with Crippen molar-refractivity contribution in [1.82, 2.24) is 0 Å². The summed E-state index contributed by atoms with van der Waals surface area (Å²) < 4.78 is 0. The summed E-state index contributed by atoms with van der Waals surface area (Å²) in [6.45, 7) is 8.58. The maximum absolute atomic E-state index is 12.0. The van der Waals surface area contributed by atoms with Crippen molar-refractivity contribution in [3.63, 3.8) is 0 Å². The van der Waals surface area contributed by atoms with Gasteiger partial charge in [0.25, 0.3) is 0 Å². The van der Waals surface area contributed by atoms with Gasteiger partial charge < -0.3 is 5.11 Å². The Bertz CT molecular complexity index is 432. The van der Waals surface area contributed by atoms with E-state index >= 15 is 0 Å². The van der Waals surface area contributed by atoms with E-state index in [1.165, 1.54) is 6.42 Å². The van der Waals surface area contributed by atoms with Gasteiger partial charge in [0.1, 0.15) is 0 Å². The van der Waals surface area contributed by atoms with Crippen LogP contribution in [0.25, 0.3) is 0 Å². The Labute approximate surface area is 103 Å². The lowest BCUT2D eigenvalue weighted by Crippen LogP contribution is -2.37. The van der Waals surface area contributed by atoms with Gasteiger partial charge in [0.15, 0.2) is 5.78 Å². The highest BCUT2D eigenvalue weighted by atomic mass is 16.3. The molecule has 0 heterocycles. The second-order valence-electron chi connectivity index (χ2n) is 6.95. The molecule has 2 heteroatoms. The number of rotatable bonds is 0. The first-order valence-electron chi connectivity index (χ1n) is 6.77. The lowest BCUT2D eigenvalue weighted by atomic mass is 9.78. The summed E-state index contributed by atoms with van der Waals surface area (Å²) in [6.07, 6.45) is 2.58. The summed E-state index contributed by atoms with van der Waals surface area (Å²) in [4.78, 5) is 12.0. The van der Waals surface area contributed by atoms with E-state index in [2.05, 4.69) is 20.8 Å². The fraction of sp³-hybridized carbons (Fsp3) is 0.800. The largest absolute Gasteiger partial charge is 0.385 e. The molecule has 0 aromatic heterocycles. The Morgan fingerprint density at radius 3 is 2.59 bits per heavy atom. The topological polar surface area (TPSA) is 37.3 Å². The molecule has 0 radical (unpaired) electrons. The third kappa shape index (κ3) is 1.22. The molecule has 3 rings (SSSR count). The number of Topliss-reactive ketones (excluding diaryl/α,β-unsaturated/α-hetero) is 1. The van der Waals surface area contributed by atoms with Crippen LogP contribution >= 0.6 is 0 Å². The van der Waals surface area contributed by atoms with Gasteiger partial charge in [-0.1, -0.05) is 20.8 Å². The van der Waals surface area contributed by atoms with Crippen molar-refractivity contribution in [2.24, 2.45) is 23.2 Å². The van der Waals surface area contributed by atoms with Crippen LogP contribution in [-0.4, -0.2) is 16.5 Å². The molecule has 0 aromatic rings. The molecule has 0 aromatic carbocycles. The molecule has 4 atom stereocenters. The van der Waals surface area contributed by atoms with Crippen LogP contribution < -0.4 is 0 Å². The van der Waals surface area contributed by atoms with Crippen LogP contribution in [0.3, 0.4) is 0 Å². The van der Waals surface area contributed by atoms with Gasteiger partial charge >= 0.3 is 0 Å². The molecule has 2 saturated carbocycles. The molecule has 0 amide bonds. The van der Waals surface area contributed by atoms with Crippen molar-refractivity contribution in [2.75, 3.05) is 0 Å². The summed E-state index contributed by atoms with van der Waals surface area (Å²) in [6, 6.07) is 0. The maximum atomic E-state index is 12.0. The van der Waals surface area contributed by atoms with Gasteiger partial charge in [-0.2, -0.15) is 0 Å². The summed E-state index contributed by atoms with van der Waals surface area (Å²) >= 11 is 0. The molecule has 0 saturated heterocycles. The molecular weight excluding hydrogens is 212 g/mol. The molecule has 2 fully saturated rings. The lowest BCUT2D eigenvalue weighted by molar-refractivity contribution is -0.118. The summed E-state index contributed by atoms with van der Waals surface area (Å²) in [5.41, 5.74) is 1.42. The number of aliphatic hydroxyl groups is 1. The zero-order valence-electron chi connectivity index (χ0n) is 11.2. The molecule has 0 bridgehead atoms. The van der Waals surface area contributed by atoms with Crippen molar-refractivity contribution in [1.29, 1.82) is 0 Å². The average molecular weight is 234 g/mol. The molecule has 3 aliphatic carbocycles. The molecular formula is C15H22O2. The van der Waals surface area contributed by atoms with Crippen molar-refractivity contribution in [3.05, 3.63) is 11.1 Å². The van der Waals surface area contributed by atoms with Crippen LogP contribution in [0.15, 0.2) is 11.1 Å². The molecule has 17 heavy (non-hydrogen) atoms. The van der Waals surface area contributed by atoms with E-state index in [0.717, 1.165) is 17.6 Å². The Kier molecular flexibility index (Phi) is 2.04. The van der Waals surface area contributed by atoms with Crippen LogP contribution in [-0.2, 0) is 4.79 Å². The minimum Gasteiger partial charge on any atom is -0.385 e. The predicted octanol–water partition coefficient (Wildman–Crippen LogP) is 2.71. The second-order valence-corrected chi connectivity index (χ2v) is 6.95. The summed E-state index contributed by atoms with van der Waals surface area (Å²) in [7, 11) is 0. The first-order chi connectivity index (χ1) is 7.80. The highest BCUT2D eigenvalue weighted by molar-refractivity contribution is 6.00. The fourth-order valence-corrected chi connectivity index (χ4v) is 4.41. The third-order valence-corrected chi connectivity index (χ3v) is 5.81. The van der Waals surface area contributed by atoms with E-state index in [1.807, 2.05) is 6.92 Å². The number of fused-ring (bicyclic) bond motifs is 3. The summed E-state index contributed by atoms with van der Waals surface area (Å²) in [5, 5.41) is 11.0. The second kappa shape index (κ2) is 3.03. The van der Waals surface area contributed by atoms with E-state index in [0.29, 0.717) is 18.3 Å². The average Bonchev–Trinajstić information content (AvgIpc) is 2.71. The molecule has 3 aliphatic rings. The molecule has 0 spiro atoms.